The second-order valence-corrected chi connectivity index (χ2v) is 6.98. The summed E-state index contributed by atoms with van der Waals surface area (Å²) in [4.78, 5) is 11.4. The molecular formula is C15H23IN4S2. The minimum Gasteiger partial charge on any atom is -0.356 e. The van der Waals surface area contributed by atoms with Crippen LogP contribution in [0.5, 0.6) is 0 Å². The largest absolute Gasteiger partial charge is 0.356 e. The molecule has 0 amide bonds. The first-order chi connectivity index (χ1) is 10.2. The van der Waals surface area contributed by atoms with Crippen LogP contribution in [0, 0.1) is 0 Å². The van der Waals surface area contributed by atoms with Crippen molar-refractivity contribution < 1.29 is 0 Å². The molecule has 0 aliphatic heterocycles. The lowest BCUT2D eigenvalue weighted by atomic mass is 10.1. The van der Waals surface area contributed by atoms with Crippen molar-refractivity contribution >= 4 is 52.6 Å². The Kier molecular flexibility index (Phi) is 8.96. The van der Waals surface area contributed by atoms with E-state index in [2.05, 4.69) is 52.0 Å². The van der Waals surface area contributed by atoms with Gasteiger partial charge >= 0.3 is 0 Å². The summed E-state index contributed by atoms with van der Waals surface area (Å²) in [5, 5.41) is 9.90. The van der Waals surface area contributed by atoms with Gasteiger partial charge in [-0.15, -0.1) is 46.7 Å². The highest BCUT2D eigenvalue weighted by Crippen LogP contribution is 2.19. The number of halogens is 1. The molecule has 2 aromatic heterocycles. The van der Waals surface area contributed by atoms with Crippen LogP contribution in [0.1, 0.15) is 34.5 Å². The van der Waals surface area contributed by atoms with Gasteiger partial charge in [-0.2, -0.15) is 0 Å². The molecule has 0 fully saturated rings. The Balaban J connectivity index is 0.00000242. The van der Waals surface area contributed by atoms with Crippen LogP contribution >= 0.6 is 46.7 Å². The van der Waals surface area contributed by atoms with Crippen LogP contribution in [0.15, 0.2) is 28.7 Å². The molecule has 0 saturated heterocycles. The van der Waals surface area contributed by atoms with Crippen molar-refractivity contribution in [3.8, 4) is 0 Å². The molecule has 0 radical (unpaired) electrons. The van der Waals surface area contributed by atoms with E-state index in [9.17, 15) is 0 Å². The average molecular weight is 450 g/mol. The van der Waals surface area contributed by atoms with Crippen molar-refractivity contribution in [1.82, 2.24) is 15.6 Å². The molecular weight excluding hydrogens is 427 g/mol. The Labute approximate surface area is 157 Å². The minimum absolute atomic E-state index is 0. The van der Waals surface area contributed by atoms with Gasteiger partial charge in [0.1, 0.15) is 5.01 Å². The van der Waals surface area contributed by atoms with Crippen molar-refractivity contribution in [2.45, 2.75) is 32.7 Å². The van der Waals surface area contributed by atoms with Gasteiger partial charge in [0.25, 0.3) is 0 Å². The Bertz CT molecular complexity index is 566. The normalized spacial score (nSPS) is 12.6. The third-order valence-electron chi connectivity index (χ3n) is 3.19. The monoisotopic (exact) mass is 450 g/mol. The number of nitrogens with zero attached hydrogens (tertiary/aromatic N) is 2. The van der Waals surface area contributed by atoms with Gasteiger partial charge in [0.05, 0.1) is 6.54 Å². The zero-order chi connectivity index (χ0) is 15.1. The fraction of sp³-hybridized carbons (Fsp3) is 0.467. The molecule has 7 heteroatoms. The maximum atomic E-state index is 4.40. The van der Waals surface area contributed by atoms with E-state index in [1.807, 2.05) is 6.20 Å². The number of aromatic nitrogens is 1. The van der Waals surface area contributed by atoms with Crippen molar-refractivity contribution in [1.29, 1.82) is 0 Å². The van der Waals surface area contributed by atoms with Crippen LogP contribution in [0.2, 0.25) is 0 Å². The molecule has 0 spiro atoms. The summed E-state index contributed by atoms with van der Waals surface area (Å²) in [7, 11) is 1.80. The highest BCUT2D eigenvalue weighted by Gasteiger charge is 2.08. The minimum atomic E-state index is 0. The summed E-state index contributed by atoms with van der Waals surface area (Å²) >= 11 is 3.55. The van der Waals surface area contributed by atoms with Crippen LogP contribution in [0.25, 0.3) is 0 Å². The number of nitrogens with one attached hydrogen (secondary N) is 2. The molecule has 2 aromatic rings. The van der Waals surface area contributed by atoms with Crippen molar-refractivity contribution in [2.24, 2.45) is 4.99 Å². The van der Waals surface area contributed by atoms with E-state index in [0.717, 1.165) is 30.5 Å². The Hall–Kier alpha value is -0.670. The zero-order valence-electron chi connectivity index (χ0n) is 13.1. The summed E-state index contributed by atoms with van der Waals surface area (Å²) in [6, 6.07) is 4.27. The molecule has 0 aliphatic carbocycles. The van der Waals surface area contributed by atoms with Gasteiger partial charge in [0.15, 0.2) is 5.96 Å². The molecule has 1 atom stereocenters. The lowest BCUT2D eigenvalue weighted by Crippen LogP contribution is -2.38. The first kappa shape index (κ1) is 19.4. The average Bonchev–Trinajstić information content (AvgIpc) is 3.18. The second-order valence-electron chi connectivity index (χ2n) is 4.80. The summed E-state index contributed by atoms with van der Waals surface area (Å²) in [5.74, 6) is 1.31. The summed E-state index contributed by atoms with van der Waals surface area (Å²) < 4.78 is 0. The quantitative estimate of drug-likeness (QED) is 0.399. The van der Waals surface area contributed by atoms with Gasteiger partial charge < -0.3 is 10.6 Å². The molecule has 0 bridgehead atoms. The standard InChI is InChI=1S/C15H22N4S2.HI/c1-4-12-9-17-14(21-12)10-19-15(16-3)18-8-11(2)13-6-5-7-20-13;/h5-7,9,11H,4,8,10H2,1-3H3,(H2,16,18,19);1H. The van der Waals surface area contributed by atoms with E-state index in [1.54, 1.807) is 29.7 Å². The number of thiophene rings is 1. The number of hydrogen-bond donors (Lipinski definition) is 2. The number of hydrogen-bond acceptors (Lipinski definition) is 4. The van der Waals surface area contributed by atoms with Gasteiger partial charge in [0, 0.05) is 35.5 Å². The number of thiazole rings is 1. The molecule has 2 heterocycles. The van der Waals surface area contributed by atoms with E-state index < -0.39 is 0 Å². The maximum absolute atomic E-state index is 4.40. The molecule has 0 aliphatic rings. The predicted octanol–water partition coefficient (Wildman–Crippen LogP) is 3.85. The highest BCUT2D eigenvalue weighted by molar-refractivity contribution is 14.0. The number of guanidine groups is 1. The zero-order valence-corrected chi connectivity index (χ0v) is 17.1. The fourth-order valence-electron chi connectivity index (χ4n) is 1.90. The molecule has 0 aromatic carbocycles. The lowest BCUT2D eigenvalue weighted by molar-refractivity contribution is 0.708. The lowest BCUT2D eigenvalue weighted by Gasteiger charge is -2.14. The third kappa shape index (κ3) is 5.85. The van der Waals surface area contributed by atoms with Gasteiger partial charge in [-0.05, 0) is 17.9 Å². The first-order valence-electron chi connectivity index (χ1n) is 7.14. The number of rotatable bonds is 6. The smallest absolute Gasteiger partial charge is 0.191 e. The molecule has 22 heavy (non-hydrogen) atoms. The van der Waals surface area contributed by atoms with E-state index in [0.29, 0.717) is 5.92 Å². The Morgan fingerprint density at radius 1 is 1.41 bits per heavy atom. The first-order valence-corrected chi connectivity index (χ1v) is 8.84. The number of aliphatic imine (C=N–C) groups is 1. The van der Waals surface area contributed by atoms with E-state index in [-0.39, 0.29) is 24.0 Å². The molecule has 2 N–H and O–H groups in total. The topological polar surface area (TPSA) is 49.3 Å². The van der Waals surface area contributed by atoms with Gasteiger partial charge in [0.2, 0.25) is 0 Å². The fourth-order valence-corrected chi connectivity index (χ4v) is 3.48. The van der Waals surface area contributed by atoms with Gasteiger partial charge in [-0.25, -0.2) is 4.98 Å². The van der Waals surface area contributed by atoms with Crippen molar-refractivity contribution in [3.05, 3.63) is 38.5 Å². The summed E-state index contributed by atoms with van der Waals surface area (Å²) in [6.45, 7) is 5.97. The van der Waals surface area contributed by atoms with Crippen LogP contribution in [-0.2, 0) is 13.0 Å². The second kappa shape index (κ2) is 10.2. The van der Waals surface area contributed by atoms with Gasteiger partial charge in [-0.1, -0.05) is 19.9 Å². The highest BCUT2D eigenvalue weighted by atomic mass is 127. The Morgan fingerprint density at radius 3 is 2.82 bits per heavy atom. The molecule has 1 unspecified atom stereocenters. The van der Waals surface area contributed by atoms with Crippen molar-refractivity contribution in [2.75, 3.05) is 13.6 Å². The van der Waals surface area contributed by atoms with Crippen LogP contribution in [0.3, 0.4) is 0 Å². The predicted molar refractivity (Wildman–Crippen MR) is 108 cm³/mol. The SMILES string of the molecule is CCc1cnc(CNC(=NC)NCC(C)c2cccs2)s1.I. The molecule has 2 rings (SSSR count). The van der Waals surface area contributed by atoms with Crippen LogP contribution < -0.4 is 10.6 Å². The van der Waals surface area contributed by atoms with E-state index >= 15 is 0 Å². The van der Waals surface area contributed by atoms with Gasteiger partial charge in [-0.3, -0.25) is 4.99 Å². The van der Waals surface area contributed by atoms with E-state index in [1.165, 1.54) is 9.75 Å². The molecule has 122 valence electrons. The summed E-state index contributed by atoms with van der Waals surface area (Å²) in [5.41, 5.74) is 0. The van der Waals surface area contributed by atoms with Crippen molar-refractivity contribution in [3.63, 3.8) is 0 Å². The molecule has 0 saturated carbocycles. The maximum Gasteiger partial charge on any atom is 0.191 e. The number of aryl methyl sites for hydroxylation is 1. The van der Waals surface area contributed by atoms with Crippen LogP contribution in [-0.4, -0.2) is 24.5 Å². The molecule has 4 nitrogen and oxygen atoms in total. The van der Waals surface area contributed by atoms with E-state index in [4.69, 9.17) is 0 Å². The summed E-state index contributed by atoms with van der Waals surface area (Å²) in [6.07, 6.45) is 3.00. The Morgan fingerprint density at radius 2 is 2.23 bits per heavy atom. The third-order valence-corrected chi connectivity index (χ3v) is 5.43. The van der Waals surface area contributed by atoms with Crippen LogP contribution in [0.4, 0.5) is 0 Å².